The van der Waals surface area contributed by atoms with Gasteiger partial charge in [0.2, 0.25) is 11.1 Å². The molecule has 2 atom stereocenters. The normalized spacial score (nSPS) is 25.1. The van der Waals surface area contributed by atoms with Crippen LogP contribution in [-0.2, 0) is 6.54 Å². The van der Waals surface area contributed by atoms with Gasteiger partial charge in [-0.3, -0.25) is 0 Å². The molecule has 1 aliphatic carbocycles. The van der Waals surface area contributed by atoms with Crippen LogP contribution in [0.4, 0.5) is 5.95 Å². The average Bonchev–Trinajstić information content (AvgIpc) is 3.00. The number of aliphatic imine (C=N–C) groups is 1. The van der Waals surface area contributed by atoms with E-state index in [-0.39, 0.29) is 6.61 Å². The molecule has 2 N–H and O–H groups in total. The zero-order chi connectivity index (χ0) is 13.2. The van der Waals surface area contributed by atoms with E-state index in [9.17, 15) is 0 Å². The number of hydrogen-bond acceptors (Lipinski definition) is 6. The van der Waals surface area contributed by atoms with Crippen molar-refractivity contribution in [1.82, 2.24) is 20.1 Å². The van der Waals surface area contributed by atoms with Crippen LogP contribution in [0, 0.1) is 5.92 Å². The largest absolute Gasteiger partial charge is 0.396 e. The molecule has 2 unspecified atom stereocenters. The Labute approximate surface area is 116 Å². The highest BCUT2D eigenvalue weighted by molar-refractivity contribution is 7.98. The molecule has 2 aliphatic rings. The van der Waals surface area contributed by atoms with Gasteiger partial charge >= 0.3 is 0 Å². The minimum atomic E-state index is 0.237. The topological polar surface area (TPSA) is 75.3 Å². The molecule has 6 nitrogen and oxygen atoms in total. The fourth-order valence-corrected chi connectivity index (χ4v) is 3.15. The fourth-order valence-electron chi connectivity index (χ4n) is 2.79. The number of nitrogens with one attached hydrogen (secondary N) is 1. The van der Waals surface area contributed by atoms with E-state index in [4.69, 9.17) is 10.1 Å². The Kier molecular flexibility index (Phi) is 3.86. The maximum Gasteiger partial charge on any atom is 0.248 e. The first kappa shape index (κ1) is 13.1. The third-order valence-corrected chi connectivity index (χ3v) is 4.28. The highest BCUT2D eigenvalue weighted by Crippen LogP contribution is 2.32. The Morgan fingerprint density at radius 3 is 3.16 bits per heavy atom. The van der Waals surface area contributed by atoms with Gasteiger partial charge in [0.15, 0.2) is 0 Å². The minimum Gasteiger partial charge on any atom is -0.396 e. The van der Waals surface area contributed by atoms with E-state index >= 15 is 0 Å². The molecule has 0 bridgehead atoms. The first-order chi connectivity index (χ1) is 9.31. The summed E-state index contributed by atoms with van der Waals surface area (Å²) < 4.78 is 1.93. The summed E-state index contributed by atoms with van der Waals surface area (Å²) in [5.74, 6) is 1.24. The Balaban J connectivity index is 1.76. The van der Waals surface area contributed by atoms with Crippen molar-refractivity contribution >= 4 is 23.4 Å². The van der Waals surface area contributed by atoms with Crippen LogP contribution in [0.2, 0.25) is 0 Å². The van der Waals surface area contributed by atoms with Crippen molar-refractivity contribution in [3.8, 4) is 0 Å². The van der Waals surface area contributed by atoms with Crippen molar-refractivity contribution in [3.05, 3.63) is 0 Å². The molecule has 7 heteroatoms. The summed E-state index contributed by atoms with van der Waals surface area (Å²) >= 11 is 1.55. The van der Waals surface area contributed by atoms with Gasteiger partial charge < -0.3 is 10.4 Å². The Morgan fingerprint density at radius 1 is 1.47 bits per heavy atom. The average molecular weight is 281 g/mol. The predicted molar refractivity (Wildman–Crippen MR) is 75.1 cm³/mol. The maximum atomic E-state index is 8.84. The molecule has 1 saturated carbocycles. The van der Waals surface area contributed by atoms with E-state index in [1.807, 2.05) is 10.9 Å². The lowest BCUT2D eigenvalue weighted by molar-refractivity contribution is 0.285. The number of nitrogens with zero attached hydrogens (tertiary/aromatic N) is 4. The second-order valence-corrected chi connectivity index (χ2v) is 5.75. The second kappa shape index (κ2) is 5.60. The summed E-state index contributed by atoms with van der Waals surface area (Å²) in [6, 6.07) is 0.347. The smallest absolute Gasteiger partial charge is 0.248 e. The summed E-state index contributed by atoms with van der Waals surface area (Å²) in [6.45, 7) is 1.98. The standard InChI is InChI=1S/C12H19N5OS/c1-19-12-15-11-14-10-8(7-17(11)16-12)3-4-9(10)13-5-2-6-18/h8-9,13,18H,2-7H2,1H3. The molecule has 3 rings (SSSR count). The number of thioether (sulfide) groups is 1. The lowest BCUT2D eigenvalue weighted by Crippen LogP contribution is -2.37. The Morgan fingerprint density at radius 2 is 2.37 bits per heavy atom. The first-order valence-electron chi connectivity index (χ1n) is 6.73. The van der Waals surface area contributed by atoms with Gasteiger partial charge in [-0.25, -0.2) is 9.67 Å². The Bertz CT molecular complexity index is 486. The number of hydrogen-bond donors (Lipinski definition) is 2. The summed E-state index contributed by atoms with van der Waals surface area (Å²) in [5, 5.41) is 17.6. The predicted octanol–water partition coefficient (Wildman–Crippen LogP) is 0.837. The molecule has 0 amide bonds. The number of rotatable bonds is 5. The Hall–Kier alpha value is -0.920. The first-order valence-corrected chi connectivity index (χ1v) is 7.96. The van der Waals surface area contributed by atoms with Crippen molar-refractivity contribution in [2.24, 2.45) is 10.9 Å². The van der Waals surface area contributed by atoms with E-state index in [0.29, 0.717) is 12.0 Å². The number of fused-ring (bicyclic) bond motifs is 2. The SMILES string of the molecule is CSc1nc2n(n1)CC1CCC(NCCCO)C1=N2. The van der Waals surface area contributed by atoms with Gasteiger partial charge in [-0.05, 0) is 32.1 Å². The van der Waals surface area contributed by atoms with Crippen LogP contribution < -0.4 is 5.32 Å². The molecular weight excluding hydrogens is 262 g/mol. The van der Waals surface area contributed by atoms with E-state index < -0.39 is 0 Å². The quantitative estimate of drug-likeness (QED) is 0.618. The van der Waals surface area contributed by atoms with E-state index in [0.717, 1.165) is 43.5 Å². The number of aliphatic hydroxyl groups is 1. The summed E-state index contributed by atoms with van der Waals surface area (Å²) in [5.41, 5.74) is 1.23. The van der Waals surface area contributed by atoms with Gasteiger partial charge in [0.25, 0.3) is 0 Å². The van der Waals surface area contributed by atoms with E-state index in [2.05, 4.69) is 15.4 Å². The van der Waals surface area contributed by atoms with Crippen LogP contribution in [0.3, 0.4) is 0 Å². The highest BCUT2D eigenvalue weighted by Gasteiger charge is 2.35. The van der Waals surface area contributed by atoms with Crippen molar-refractivity contribution in [1.29, 1.82) is 0 Å². The molecule has 1 aromatic rings. The molecule has 0 spiro atoms. The molecule has 0 aromatic carbocycles. The van der Waals surface area contributed by atoms with Crippen LogP contribution in [0.5, 0.6) is 0 Å². The zero-order valence-corrected chi connectivity index (χ0v) is 11.9. The number of aromatic nitrogens is 3. The zero-order valence-electron chi connectivity index (χ0n) is 11.0. The molecule has 1 aliphatic heterocycles. The third kappa shape index (κ3) is 2.54. The van der Waals surface area contributed by atoms with E-state index in [1.165, 1.54) is 5.71 Å². The lowest BCUT2D eigenvalue weighted by Gasteiger charge is -2.20. The summed E-state index contributed by atoms with van der Waals surface area (Å²) in [4.78, 5) is 9.12. The van der Waals surface area contributed by atoms with Gasteiger partial charge in [-0.2, -0.15) is 4.98 Å². The molecule has 104 valence electrons. The fraction of sp³-hybridized carbons (Fsp3) is 0.750. The van der Waals surface area contributed by atoms with Gasteiger partial charge in [0.1, 0.15) is 0 Å². The van der Waals surface area contributed by atoms with Crippen molar-refractivity contribution in [3.63, 3.8) is 0 Å². The van der Waals surface area contributed by atoms with Crippen LogP contribution >= 0.6 is 11.8 Å². The number of aliphatic hydroxyl groups excluding tert-OH is 1. The van der Waals surface area contributed by atoms with Gasteiger partial charge in [-0.1, -0.05) is 11.8 Å². The highest BCUT2D eigenvalue weighted by atomic mass is 32.2. The van der Waals surface area contributed by atoms with Crippen LogP contribution in [0.1, 0.15) is 19.3 Å². The summed E-state index contributed by atoms with van der Waals surface area (Å²) in [6.07, 6.45) is 5.05. The van der Waals surface area contributed by atoms with Crippen LogP contribution in [0.15, 0.2) is 10.1 Å². The van der Waals surface area contributed by atoms with Gasteiger partial charge in [0.05, 0.1) is 6.54 Å². The maximum absolute atomic E-state index is 8.84. The molecule has 19 heavy (non-hydrogen) atoms. The monoisotopic (exact) mass is 281 g/mol. The van der Waals surface area contributed by atoms with Crippen molar-refractivity contribution in [2.75, 3.05) is 19.4 Å². The third-order valence-electron chi connectivity index (χ3n) is 3.74. The van der Waals surface area contributed by atoms with Gasteiger partial charge in [-0.15, -0.1) is 5.10 Å². The molecule has 0 saturated heterocycles. The second-order valence-electron chi connectivity index (χ2n) is 4.98. The van der Waals surface area contributed by atoms with Crippen molar-refractivity contribution in [2.45, 2.75) is 37.0 Å². The van der Waals surface area contributed by atoms with Crippen LogP contribution in [0.25, 0.3) is 0 Å². The summed E-state index contributed by atoms with van der Waals surface area (Å²) in [7, 11) is 0. The molecular formula is C12H19N5OS. The lowest BCUT2D eigenvalue weighted by atomic mass is 10.0. The van der Waals surface area contributed by atoms with E-state index in [1.54, 1.807) is 11.8 Å². The molecule has 1 aromatic heterocycles. The minimum absolute atomic E-state index is 0.237. The molecule has 2 heterocycles. The molecule has 0 radical (unpaired) electrons. The van der Waals surface area contributed by atoms with Crippen LogP contribution in [-0.4, -0.2) is 51.0 Å². The van der Waals surface area contributed by atoms with Gasteiger partial charge in [0, 0.05) is 24.3 Å². The van der Waals surface area contributed by atoms with Crippen molar-refractivity contribution < 1.29 is 5.11 Å². The molecule has 1 fully saturated rings.